The zero-order chi connectivity index (χ0) is 10.4. The molecule has 0 saturated carbocycles. The fourth-order valence-corrected chi connectivity index (χ4v) is 1.41. The van der Waals surface area contributed by atoms with E-state index in [1.165, 1.54) is 11.1 Å². The molecule has 0 aliphatic carbocycles. The molecule has 1 aliphatic rings. The Morgan fingerprint density at radius 2 is 2.00 bits per heavy atom. The lowest BCUT2D eigenvalue weighted by Gasteiger charge is -2.21. The SMILES string of the molecule is FCF.NC1COCc2ccccc21. The zero-order valence-corrected chi connectivity index (χ0v) is 7.75. The number of fused-ring (bicyclic) bond motifs is 1. The van der Waals surface area contributed by atoms with Gasteiger partial charge in [-0.2, -0.15) is 0 Å². The summed E-state index contributed by atoms with van der Waals surface area (Å²) >= 11 is 0. The highest BCUT2D eigenvalue weighted by Gasteiger charge is 2.15. The fourth-order valence-electron chi connectivity index (χ4n) is 1.41. The lowest BCUT2D eigenvalue weighted by atomic mass is 10.0. The van der Waals surface area contributed by atoms with Crippen LogP contribution in [0.4, 0.5) is 8.78 Å². The molecule has 1 heterocycles. The first-order valence-corrected chi connectivity index (χ1v) is 4.32. The van der Waals surface area contributed by atoms with Gasteiger partial charge in [-0.25, -0.2) is 8.78 Å². The van der Waals surface area contributed by atoms with Crippen LogP contribution in [-0.4, -0.2) is 13.5 Å². The monoisotopic (exact) mass is 201 g/mol. The highest BCUT2D eigenvalue weighted by Crippen LogP contribution is 2.21. The standard InChI is InChI=1S/C9H11NO.CH2F2/c10-9-6-11-5-7-3-1-2-4-8(7)9;2-1-3/h1-4,9H,5-6,10H2;1H2. The van der Waals surface area contributed by atoms with E-state index >= 15 is 0 Å². The molecule has 2 nitrogen and oxygen atoms in total. The average Bonchev–Trinajstić information content (AvgIpc) is 2.20. The maximum Gasteiger partial charge on any atom is 0.229 e. The van der Waals surface area contributed by atoms with Crippen LogP contribution in [0.3, 0.4) is 0 Å². The first-order valence-electron chi connectivity index (χ1n) is 4.32. The molecule has 2 rings (SSSR count). The molecular weight excluding hydrogens is 188 g/mol. The molecule has 0 saturated heterocycles. The molecule has 0 radical (unpaired) electrons. The quantitative estimate of drug-likeness (QED) is 0.697. The third-order valence-corrected chi connectivity index (χ3v) is 2.01. The van der Waals surface area contributed by atoms with Crippen LogP contribution in [0, 0.1) is 0 Å². The Hall–Kier alpha value is -1.00. The molecule has 14 heavy (non-hydrogen) atoms. The highest BCUT2D eigenvalue weighted by atomic mass is 19.3. The van der Waals surface area contributed by atoms with Crippen molar-refractivity contribution >= 4 is 0 Å². The summed E-state index contributed by atoms with van der Waals surface area (Å²) < 4.78 is 24.5. The highest BCUT2D eigenvalue weighted by molar-refractivity contribution is 5.30. The first kappa shape index (κ1) is 11.1. The van der Waals surface area contributed by atoms with Crippen molar-refractivity contribution in [2.75, 3.05) is 13.5 Å². The van der Waals surface area contributed by atoms with Gasteiger partial charge >= 0.3 is 0 Å². The van der Waals surface area contributed by atoms with E-state index in [4.69, 9.17) is 10.5 Å². The van der Waals surface area contributed by atoms with Gasteiger partial charge in [0, 0.05) is 0 Å². The van der Waals surface area contributed by atoms with E-state index in [0.29, 0.717) is 13.2 Å². The summed E-state index contributed by atoms with van der Waals surface area (Å²) in [6.07, 6.45) is 0. The van der Waals surface area contributed by atoms with Gasteiger partial charge in [0.1, 0.15) is 0 Å². The van der Waals surface area contributed by atoms with Gasteiger partial charge in [0.05, 0.1) is 19.3 Å². The summed E-state index contributed by atoms with van der Waals surface area (Å²) in [6.45, 7) is -0.388. The van der Waals surface area contributed by atoms with E-state index < -0.39 is 6.93 Å². The summed E-state index contributed by atoms with van der Waals surface area (Å²) in [7, 11) is 0. The number of rotatable bonds is 0. The minimum Gasteiger partial charge on any atom is -0.375 e. The predicted octanol–water partition coefficient (Wildman–Crippen LogP) is 2.10. The molecule has 1 aromatic rings. The van der Waals surface area contributed by atoms with Crippen molar-refractivity contribution in [3.05, 3.63) is 35.4 Å². The first-order chi connectivity index (χ1) is 6.79. The smallest absolute Gasteiger partial charge is 0.229 e. The summed E-state index contributed by atoms with van der Waals surface area (Å²) in [5, 5.41) is 0. The molecule has 2 N–H and O–H groups in total. The summed E-state index contributed by atoms with van der Waals surface area (Å²) in [5.41, 5.74) is 8.28. The third kappa shape index (κ3) is 2.75. The van der Waals surface area contributed by atoms with Gasteiger partial charge in [-0.1, -0.05) is 24.3 Å². The normalized spacial score (nSPS) is 19.2. The van der Waals surface area contributed by atoms with Crippen LogP contribution in [0.25, 0.3) is 0 Å². The predicted molar refractivity (Wildman–Crippen MR) is 50.1 cm³/mol. The van der Waals surface area contributed by atoms with Crippen LogP contribution in [0.1, 0.15) is 17.2 Å². The van der Waals surface area contributed by atoms with E-state index in [1.54, 1.807) is 0 Å². The largest absolute Gasteiger partial charge is 0.375 e. The van der Waals surface area contributed by atoms with Crippen molar-refractivity contribution in [1.82, 2.24) is 0 Å². The summed E-state index contributed by atoms with van der Waals surface area (Å²) in [6, 6.07) is 8.24. The molecule has 1 atom stereocenters. The minimum absolute atomic E-state index is 0.0694. The summed E-state index contributed by atoms with van der Waals surface area (Å²) in [4.78, 5) is 0. The topological polar surface area (TPSA) is 35.2 Å². The zero-order valence-electron chi connectivity index (χ0n) is 7.75. The minimum atomic E-state index is -1.75. The number of ether oxygens (including phenoxy) is 1. The molecule has 0 amide bonds. The Morgan fingerprint density at radius 3 is 2.64 bits per heavy atom. The van der Waals surface area contributed by atoms with Crippen LogP contribution in [0.5, 0.6) is 0 Å². The average molecular weight is 201 g/mol. The van der Waals surface area contributed by atoms with Crippen molar-refractivity contribution in [3.8, 4) is 0 Å². The number of benzene rings is 1. The molecule has 1 aliphatic heterocycles. The van der Waals surface area contributed by atoms with Crippen LogP contribution in [0.15, 0.2) is 24.3 Å². The third-order valence-electron chi connectivity index (χ3n) is 2.01. The molecule has 0 spiro atoms. The molecule has 0 aromatic heterocycles. The van der Waals surface area contributed by atoms with E-state index in [9.17, 15) is 8.78 Å². The van der Waals surface area contributed by atoms with Crippen LogP contribution >= 0.6 is 0 Å². The number of hydrogen-bond acceptors (Lipinski definition) is 2. The molecule has 78 valence electrons. The molecule has 1 unspecified atom stereocenters. The Morgan fingerprint density at radius 1 is 1.36 bits per heavy atom. The second kappa shape index (κ2) is 5.67. The van der Waals surface area contributed by atoms with Gasteiger partial charge in [0.2, 0.25) is 6.93 Å². The number of hydrogen-bond donors (Lipinski definition) is 1. The Kier molecular flexibility index (Phi) is 4.49. The van der Waals surface area contributed by atoms with E-state index in [2.05, 4.69) is 12.1 Å². The molecule has 1 aromatic carbocycles. The lowest BCUT2D eigenvalue weighted by molar-refractivity contribution is 0.0924. The fraction of sp³-hybridized carbons (Fsp3) is 0.400. The van der Waals surface area contributed by atoms with E-state index in [1.807, 2.05) is 12.1 Å². The Labute approximate surface area is 81.7 Å². The van der Waals surface area contributed by atoms with Crippen LogP contribution < -0.4 is 5.73 Å². The Bertz CT molecular complexity index is 281. The molecule has 0 bridgehead atoms. The molecule has 0 fully saturated rings. The second-order valence-electron chi connectivity index (χ2n) is 2.92. The van der Waals surface area contributed by atoms with Crippen molar-refractivity contribution < 1.29 is 13.5 Å². The van der Waals surface area contributed by atoms with Gasteiger partial charge in [0.15, 0.2) is 0 Å². The van der Waals surface area contributed by atoms with E-state index in [0.717, 1.165) is 0 Å². The van der Waals surface area contributed by atoms with Crippen LogP contribution in [-0.2, 0) is 11.3 Å². The lowest BCUT2D eigenvalue weighted by Crippen LogP contribution is -2.23. The second-order valence-corrected chi connectivity index (χ2v) is 2.92. The Balaban J connectivity index is 0.000000293. The maximum atomic E-state index is 9.62. The summed E-state index contributed by atoms with van der Waals surface area (Å²) in [5.74, 6) is 0. The number of halogens is 2. The molecular formula is C10H13F2NO. The van der Waals surface area contributed by atoms with Gasteiger partial charge < -0.3 is 10.5 Å². The van der Waals surface area contributed by atoms with Crippen molar-refractivity contribution in [2.24, 2.45) is 5.73 Å². The maximum absolute atomic E-state index is 9.62. The number of alkyl halides is 2. The van der Waals surface area contributed by atoms with Crippen molar-refractivity contribution in [2.45, 2.75) is 12.6 Å². The van der Waals surface area contributed by atoms with Crippen LogP contribution in [0.2, 0.25) is 0 Å². The molecule has 4 heteroatoms. The van der Waals surface area contributed by atoms with Crippen molar-refractivity contribution in [1.29, 1.82) is 0 Å². The van der Waals surface area contributed by atoms with Gasteiger partial charge in [-0.3, -0.25) is 0 Å². The van der Waals surface area contributed by atoms with Gasteiger partial charge in [0.25, 0.3) is 0 Å². The van der Waals surface area contributed by atoms with Crippen molar-refractivity contribution in [3.63, 3.8) is 0 Å². The number of nitrogens with two attached hydrogens (primary N) is 1. The van der Waals surface area contributed by atoms with Gasteiger partial charge in [-0.05, 0) is 11.1 Å². The van der Waals surface area contributed by atoms with Gasteiger partial charge in [-0.15, -0.1) is 0 Å². The van der Waals surface area contributed by atoms with E-state index in [-0.39, 0.29) is 6.04 Å².